The van der Waals surface area contributed by atoms with Gasteiger partial charge in [-0.1, -0.05) is 173 Å². The van der Waals surface area contributed by atoms with Crippen molar-refractivity contribution < 1.29 is 23.9 Å². The van der Waals surface area contributed by atoms with Crippen molar-refractivity contribution >= 4 is 29.7 Å². The Balaban J connectivity index is 1.18. The standard InChI is InChI=1S/C50H54N2O5S/c1-3-35(2)46(48(54)57-39-27-15-4-5-16-28-39)52-47(53)45(51-49(55)56-33-44-42-31-19-17-29-40(42)41-30-18-20-32-43(41)44)34-58-50(36-21-9-6-10-22-36,37-23-11-7-12-24-37)38-25-13-8-14-26-38/h6-14,17-26,29-32,35,39,44-46H,3-5,15-16,27-28,33-34H2,1-2H3,(H,51,55)(H,52,53)/t35-,45-,46-/m0/s1. The summed E-state index contributed by atoms with van der Waals surface area (Å²) in [6, 6.07) is 45.2. The lowest BCUT2D eigenvalue weighted by atomic mass is 9.84. The van der Waals surface area contributed by atoms with Crippen molar-refractivity contribution in [3.63, 3.8) is 0 Å². The first kappa shape index (κ1) is 40.8. The number of esters is 1. The molecule has 8 heteroatoms. The molecule has 5 aromatic rings. The number of ether oxygens (including phenoxy) is 2. The van der Waals surface area contributed by atoms with Crippen LogP contribution in [0.25, 0.3) is 11.1 Å². The highest BCUT2D eigenvalue weighted by atomic mass is 32.2. The van der Waals surface area contributed by atoms with Crippen LogP contribution in [-0.4, -0.2) is 48.5 Å². The van der Waals surface area contributed by atoms with Crippen LogP contribution in [0.1, 0.15) is 92.5 Å². The molecule has 7 rings (SSSR count). The van der Waals surface area contributed by atoms with E-state index in [0.717, 1.165) is 77.5 Å². The van der Waals surface area contributed by atoms with Gasteiger partial charge < -0.3 is 20.1 Å². The van der Waals surface area contributed by atoms with Gasteiger partial charge in [-0.3, -0.25) is 4.79 Å². The molecule has 0 aliphatic heterocycles. The molecule has 3 atom stereocenters. The minimum absolute atomic E-state index is 0.104. The number of carbonyl (C=O) groups is 3. The normalized spacial score (nSPS) is 15.8. The van der Waals surface area contributed by atoms with Crippen molar-refractivity contribution in [3.05, 3.63) is 167 Å². The van der Waals surface area contributed by atoms with Crippen molar-refractivity contribution in [1.29, 1.82) is 0 Å². The molecule has 2 amide bonds. The van der Waals surface area contributed by atoms with E-state index in [2.05, 4.69) is 71.3 Å². The van der Waals surface area contributed by atoms with Crippen molar-refractivity contribution in [2.45, 2.75) is 87.6 Å². The monoisotopic (exact) mass is 794 g/mol. The van der Waals surface area contributed by atoms with Gasteiger partial charge in [0.25, 0.3) is 0 Å². The fourth-order valence-electron chi connectivity index (χ4n) is 8.46. The maximum absolute atomic E-state index is 14.7. The van der Waals surface area contributed by atoms with Crippen LogP contribution in [-0.2, 0) is 23.8 Å². The number of benzene rings is 5. The first-order valence-corrected chi connectivity index (χ1v) is 21.8. The van der Waals surface area contributed by atoms with Gasteiger partial charge in [0.2, 0.25) is 5.91 Å². The van der Waals surface area contributed by atoms with Gasteiger partial charge in [-0.05, 0) is 70.5 Å². The highest BCUT2D eigenvalue weighted by Gasteiger charge is 2.40. The summed E-state index contributed by atoms with van der Waals surface area (Å²) in [5, 5.41) is 6.02. The van der Waals surface area contributed by atoms with E-state index >= 15 is 0 Å². The molecular formula is C50H54N2O5S. The average Bonchev–Trinajstić information content (AvgIpc) is 3.37. The molecule has 5 aromatic carbocycles. The molecule has 0 radical (unpaired) electrons. The lowest BCUT2D eigenvalue weighted by molar-refractivity contribution is -0.155. The minimum atomic E-state index is -1.06. The summed E-state index contributed by atoms with van der Waals surface area (Å²) < 4.78 is 11.3. The third kappa shape index (κ3) is 9.18. The molecule has 1 saturated carbocycles. The second-order valence-corrected chi connectivity index (χ2v) is 16.8. The Morgan fingerprint density at radius 1 is 0.672 bits per heavy atom. The second kappa shape index (κ2) is 19.4. The van der Waals surface area contributed by atoms with Crippen molar-refractivity contribution in [2.24, 2.45) is 5.92 Å². The maximum atomic E-state index is 14.7. The van der Waals surface area contributed by atoms with Gasteiger partial charge in [-0.25, -0.2) is 9.59 Å². The number of carbonyl (C=O) groups excluding carboxylic acids is 3. The Bertz CT molecular complexity index is 1980. The molecule has 0 unspecified atom stereocenters. The maximum Gasteiger partial charge on any atom is 0.407 e. The summed E-state index contributed by atoms with van der Waals surface area (Å²) in [6.07, 6.45) is 5.77. The van der Waals surface area contributed by atoms with Gasteiger partial charge in [-0.15, -0.1) is 11.8 Å². The smallest absolute Gasteiger partial charge is 0.407 e. The van der Waals surface area contributed by atoms with Crippen LogP contribution in [0.15, 0.2) is 140 Å². The number of alkyl carbamates (subject to hydrolysis) is 1. The summed E-state index contributed by atoms with van der Waals surface area (Å²) in [7, 11) is 0. The number of rotatable bonds is 15. The Hall–Kier alpha value is -5.34. The quantitative estimate of drug-likeness (QED) is 0.0623. The topological polar surface area (TPSA) is 93.7 Å². The van der Waals surface area contributed by atoms with E-state index in [1.807, 2.05) is 92.7 Å². The Kier molecular flexibility index (Phi) is 13.7. The predicted molar refractivity (Wildman–Crippen MR) is 233 cm³/mol. The third-order valence-electron chi connectivity index (χ3n) is 11.8. The molecule has 2 aliphatic rings. The first-order chi connectivity index (χ1) is 28.4. The molecule has 58 heavy (non-hydrogen) atoms. The Labute approximate surface area is 347 Å². The average molecular weight is 795 g/mol. The SMILES string of the molecule is CC[C@H](C)[C@H](NC(=O)[C@H](CSC(c1ccccc1)(c1ccccc1)c1ccccc1)NC(=O)OCC1c2ccccc2-c2ccccc21)C(=O)OC1CCCCCC1. The van der Waals surface area contributed by atoms with Gasteiger partial charge >= 0.3 is 12.1 Å². The second-order valence-electron chi connectivity index (χ2n) is 15.5. The highest BCUT2D eigenvalue weighted by molar-refractivity contribution is 8.00. The predicted octanol–water partition coefficient (Wildman–Crippen LogP) is 10.4. The molecule has 7 nitrogen and oxygen atoms in total. The zero-order valence-electron chi connectivity index (χ0n) is 33.5. The number of hydrogen-bond donors (Lipinski definition) is 2. The molecule has 0 aromatic heterocycles. The molecule has 300 valence electrons. The van der Waals surface area contributed by atoms with Gasteiger partial charge in [0.1, 0.15) is 24.8 Å². The van der Waals surface area contributed by atoms with Crippen LogP contribution in [0.4, 0.5) is 4.79 Å². The third-order valence-corrected chi connectivity index (χ3v) is 13.4. The van der Waals surface area contributed by atoms with Gasteiger partial charge in [0.15, 0.2) is 0 Å². The minimum Gasteiger partial charge on any atom is -0.461 e. The largest absolute Gasteiger partial charge is 0.461 e. The Morgan fingerprint density at radius 2 is 1.16 bits per heavy atom. The summed E-state index contributed by atoms with van der Waals surface area (Å²) in [5.74, 6) is -1.06. The molecule has 0 bridgehead atoms. The summed E-state index contributed by atoms with van der Waals surface area (Å²) in [6.45, 7) is 4.05. The molecule has 2 N–H and O–H groups in total. The molecule has 0 heterocycles. The van der Waals surface area contributed by atoms with E-state index in [0.29, 0.717) is 6.42 Å². The number of fused-ring (bicyclic) bond motifs is 3. The van der Waals surface area contributed by atoms with E-state index < -0.39 is 34.8 Å². The summed E-state index contributed by atoms with van der Waals surface area (Å²) >= 11 is 1.56. The molecule has 0 spiro atoms. The molecule has 1 fully saturated rings. The zero-order valence-corrected chi connectivity index (χ0v) is 34.3. The van der Waals surface area contributed by atoms with Crippen LogP contribution >= 0.6 is 11.8 Å². The van der Waals surface area contributed by atoms with Crippen LogP contribution in [0.3, 0.4) is 0 Å². The molecule has 2 aliphatic carbocycles. The fourth-order valence-corrected chi connectivity index (χ4v) is 10.0. The first-order valence-electron chi connectivity index (χ1n) is 20.8. The summed E-state index contributed by atoms with van der Waals surface area (Å²) in [4.78, 5) is 42.5. The zero-order chi connectivity index (χ0) is 40.3. The van der Waals surface area contributed by atoms with Crippen LogP contribution in [0.2, 0.25) is 0 Å². The molecule has 0 saturated heterocycles. The Morgan fingerprint density at radius 3 is 1.66 bits per heavy atom. The number of nitrogens with one attached hydrogen (secondary N) is 2. The lowest BCUT2D eigenvalue weighted by Gasteiger charge is -2.36. The van der Waals surface area contributed by atoms with Gasteiger partial charge in [0, 0.05) is 11.7 Å². The number of thioether (sulfide) groups is 1. The van der Waals surface area contributed by atoms with Crippen molar-refractivity contribution in [2.75, 3.05) is 12.4 Å². The van der Waals surface area contributed by atoms with Gasteiger partial charge in [0.05, 0.1) is 4.75 Å². The molecular weight excluding hydrogens is 741 g/mol. The highest BCUT2D eigenvalue weighted by Crippen LogP contribution is 2.49. The number of hydrogen-bond acceptors (Lipinski definition) is 6. The van der Waals surface area contributed by atoms with E-state index in [9.17, 15) is 14.4 Å². The lowest BCUT2D eigenvalue weighted by Crippen LogP contribution is -2.55. The van der Waals surface area contributed by atoms with E-state index in [1.165, 1.54) is 0 Å². The van der Waals surface area contributed by atoms with E-state index in [1.54, 1.807) is 11.8 Å². The van der Waals surface area contributed by atoms with E-state index in [-0.39, 0.29) is 30.3 Å². The van der Waals surface area contributed by atoms with Crippen molar-refractivity contribution in [1.82, 2.24) is 10.6 Å². The van der Waals surface area contributed by atoms with Crippen molar-refractivity contribution in [3.8, 4) is 11.1 Å². The van der Waals surface area contributed by atoms with Crippen LogP contribution in [0.5, 0.6) is 0 Å². The summed E-state index contributed by atoms with van der Waals surface area (Å²) in [5.41, 5.74) is 7.55. The number of amides is 2. The van der Waals surface area contributed by atoms with Gasteiger partial charge in [-0.2, -0.15) is 0 Å². The van der Waals surface area contributed by atoms with Crippen LogP contribution in [0, 0.1) is 5.92 Å². The van der Waals surface area contributed by atoms with E-state index in [4.69, 9.17) is 9.47 Å². The fraction of sp³-hybridized carbons (Fsp3) is 0.340. The van der Waals surface area contributed by atoms with Crippen LogP contribution < -0.4 is 10.6 Å².